The van der Waals surface area contributed by atoms with Gasteiger partial charge >= 0.3 is 12.2 Å². The maximum Gasteiger partial charge on any atom is 0.418 e. The number of benzene rings is 1. The van der Waals surface area contributed by atoms with Crippen molar-refractivity contribution in [3.05, 3.63) is 40.0 Å². The number of rotatable bonds is 6. The number of nitrogens with zero attached hydrogens (tertiary/aromatic N) is 3. The highest BCUT2D eigenvalue weighted by Gasteiger charge is 2.34. The molecule has 11 heteroatoms. The molecular formula is C25H32ClF3N6O. The fraction of sp³-hybridized carbons (Fsp3) is 0.560. The zero-order valence-electron chi connectivity index (χ0n) is 20.5. The molecule has 2 amide bonds. The molecule has 1 fully saturated rings. The molecule has 2 aliphatic carbocycles. The van der Waals surface area contributed by atoms with Crippen molar-refractivity contribution < 1.29 is 18.0 Å². The van der Waals surface area contributed by atoms with Gasteiger partial charge in [0.2, 0.25) is 5.95 Å². The Labute approximate surface area is 214 Å². The molecule has 2 aliphatic rings. The molecule has 7 nitrogen and oxygen atoms in total. The maximum absolute atomic E-state index is 13.2. The lowest BCUT2D eigenvalue weighted by molar-refractivity contribution is -0.136. The van der Waals surface area contributed by atoms with Crippen LogP contribution in [0.4, 0.5) is 35.4 Å². The molecule has 4 rings (SSSR count). The van der Waals surface area contributed by atoms with Crippen LogP contribution >= 0.6 is 11.6 Å². The predicted octanol–water partition coefficient (Wildman–Crippen LogP) is 5.89. The van der Waals surface area contributed by atoms with Crippen LogP contribution in [0.1, 0.15) is 55.3 Å². The van der Waals surface area contributed by atoms with Gasteiger partial charge in [-0.05, 0) is 75.5 Å². The standard InChI is InChI=1S/C25H32ClF3N6O/c1-35(2)22-18-5-3-4-6-20(18)32-23(34-22)31-17-10-7-15(8-11-17)14-30-24(36)33-21-12-9-16(26)13-19(21)25(27,28)29/h9,12-13,15,17H,3-8,10-11,14H2,1-2H3,(H2,30,33,36)(H,31,32,34). The lowest BCUT2D eigenvalue weighted by Crippen LogP contribution is -2.36. The Hall–Kier alpha value is -2.75. The van der Waals surface area contributed by atoms with Crippen LogP contribution in [0.3, 0.4) is 0 Å². The lowest BCUT2D eigenvalue weighted by Gasteiger charge is -2.30. The van der Waals surface area contributed by atoms with Gasteiger partial charge in [-0.25, -0.2) is 9.78 Å². The second-order valence-electron chi connectivity index (χ2n) is 9.78. The second-order valence-corrected chi connectivity index (χ2v) is 10.2. The monoisotopic (exact) mass is 524 g/mol. The van der Waals surface area contributed by atoms with E-state index in [1.807, 2.05) is 19.0 Å². The third-order valence-corrected chi connectivity index (χ3v) is 7.09. The minimum atomic E-state index is -4.62. The molecule has 1 saturated carbocycles. The van der Waals surface area contributed by atoms with Crippen LogP contribution < -0.4 is 20.9 Å². The predicted molar refractivity (Wildman–Crippen MR) is 136 cm³/mol. The van der Waals surface area contributed by atoms with Gasteiger partial charge in [-0.1, -0.05) is 11.6 Å². The van der Waals surface area contributed by atoms with Crippen LogP contribution in [-0.2, 0) is 19.0 Å². The van der Waals surface area contributed by atoms with Gasteiger partial charge in [0.15, 0.2) is 0 Å². The number of alkyl halides is 3. The second kappa shape index (κ2) is 11.1. The summed E-state index contributed by atoms with van der Waals surface area (Å²) in [6.45, 7) is 0.396. The van der Waals surface area contributed by atoms with Crippen molar-refractivity contribution in [2.75, 3.05) is 36.2 Å². The van der Waals surface area contributed by atoms with E-state index < -0.39 is 17.8 Å². The topological polar surface area (TPSA) is 82.2 Å². The third kappa shape index (κ3) is 6.52. The van der Waals surface area contributed by atoms with E-state index in [0.717, 1.165) is 68.6 Å². The average Bonchev–Trinajstić information content (AvgIpc) is 2.83. The molecule has 1 aromatic carbocycles. The summed E-state index contributed by atoms with van der Waals surface area (Å²) in [7, 11) is 4.01. The van der Waals surface area contributed by atoms with E-state index in [4.69, 9.17) is 21.6 Å². The fourth-order valence-corrected chi connectivity index (χ4v) is 5.14. The summed E-state index contributed by atoms with van der Waals surface area (Å²) < 4.78 is 39.7. The molecule has 1 aromatic heterocycles. The molecule has 0 unspecified atom stereocenters. The molecule has 0 spiro atoms. The Morgan fingerprint density at radius 2 is 1.83 bits per heavy atom. The number of amides is 2. The SMILES string of the molecule is CN(C)c1nc(NC2CCC(CNC(=O)Nc3ccc(Cl)cc3C(F)(F)F)CC2)nc2c1CCCC2. The first-order chi connectivity index (χ1) is 17.1. The zero-order chi connectivity index (χ0) is 25.9. The molecule has 0 radical (unpaired) electrons. The number of hydrogen-bond donors (Lipinski definition) is 3. The van der Waals surface area contributed by atoms with Crippen molar-refractivity contribution in [2.45, 2.75) is 63.6 Å². The first-order valence-electron chi connectivity index (χ1n) is 12.4. The molecule has 1 heterocycles. The number of aryl methyl sites for hydroxylation is 1. The van der Waals surface area contributed by atoms with E-state index in [9.17, 15) is 18.0 Å². The van der Waals surface area contributed by atoms with E-state index in [1.54, 1.807) is 0 Å². The van der Waals surface area contributed by atoms with Crippen molar-refractivity contribution in [2.24, 2.45) is 5.92 Å². The molecule has 36 heavy (non-hydrogen) atoms. The molecule has 196 valence electrons. The summed E-state index contributed by atoms with van der Waals surface area (Å²) in [6, 6.07) is 2.86. The lowest BCUT2D eigenvalue weighted by atomic mass is 9.86. The first-order valence-corrected chi connectivity index (χ1v) is 12.7. The summed E-state index contributed by atoms with van der Waals surface area (Å²) >= 11 is 5.69. The minimum Gasteiger partial charge on any atom is -0.362 e. The van der Waals surface area contributed by atoms with Crippen molar-refractivity contribution in [3.63, 3.8) is 0 Å². The molecule has 0 bridgehead atoms. The molecule has 3 N–H and O–H groups in total. The Balaban J connectivity index is 1.27. The van der Waals surface area contributed by atoms with Crippen LogP contribution in [0.15, 0.2) is 18.2 Å². The van der Waals surface area contributed by atoms with Crippen molar-refractivity contribution in [1.29, 1.82) is 0 Å². The van der Waals surface area contributed by atoms with Crippen LogP contribution in [0.5, 0.6) is 0 Å². The zero-order valence-corrected chi connectivity index (χ0v) is 21.3. The number of carbonyl (C=O) groups is 1. The summed E-state index contributed by atoms with van der Waals surface area (Å²) in [6.07, 6.45) is 3.28. The highest BCUT2D eigenvalue weighted by molar-refractivity contribution is 6.30. The maximum atomic E-state index is 13.2. The minimum absolute atomic E-state index is 0.0441. The molecular weight excluding hydrogens is 493 g/mol. The van der Waals surface area contributed by atoms with E-state index in [-0.39, 0.29) is 22.7 Å². The first kappa shape index (κ1) is 26.3. The van der Waals surface area contributed by atoms with Gasteiger partial charge in [0.25, 0.3) is 0 Å². The molecule has 0 atom stereocenters. The third-order valence-electron chi connectivity index (χ3n) is 6.85. The van der Waals surface area contributed by atoms with Crippen LogP contribution in [-0.4, -0.2) is 42.7 Å². The van der Waals surface area contributed by atoms with Crippen LogP contribution in [0.25, 0.3) is 0 Å². The van der Waals surface area contributed by atoms with E-state index in [2.05, 4.69) is 16.0 Å². The van der Waals surface area contributed by atoms with Crippen molar-refractivity contribution in [3.8, 4) is 0 Å². The number of aromatic nitrogens is 2. The molecule has 0 aliphatic heterocycles. The van der Waals surface area contributed by atoms with Gasteiger partial charge in [-0.2, -0.15) is 18.2 Å². The van der Waals surface area contributed by atoms with Crippen LogP contribution in [0, 0.1) is 5.92 Å². The Morgan fingerprint density at radius 1 is 1.11 bits per heavy atom. The highest BCUT2D eigenvalue weighted by atomic mass is 35.5. The number of urea groups is 1. The number of carbonyl (C=O) groups excluding carboxylic acids is 1. The van der Waals surface area contributed by atoms with Gasteiger partial charge in [0, 0.05) is 37.3 Å². The smallest absolute Gasteiger partial charge is 0.362 e. The summed E-state index contributed by atoms with van der Waals surface area (Å²) in [5, 5.41) is 8.47. The van der Waals surface area contributed by atoms with Crippen molar-refractivity contribution >= 4 is 35.1 Å². The quantitative estimate of drug-likeness (QED) is 0.439. The van der Waals surface area contributed by atoms with Gasteiger partial charge in [-0.3, -0.25) is 0 Å². The van der Waals surface area contributed by atoms with Gasteiger partial charge in [-0.15, -0.1) is 0 Å². The van der Waals surface area contributed by atoms with Crippen LogP contribution in [0.2, 0.25) is 5.02 Å². The van der Waals surface area contributed by atoms with Crippen molar-refractivity contribution in [1.82, 2.24) is 15.3 Å². The number of anilines is 3. The van der Waals surface area contributed by atoms with Gasteiger partial charge in [0.05, 0.1) is 16.9 Å². The van der Waals surface area contributed by atoms with E-state index >= 15 is 0 Å². The van der Waals surface area contributed by atoms with Gasteiger partial charge < -0.3 is 20.9 Å². The average molecular weight is 525 g/mol. The summed E-state index contributed by atoms with van der Waals surface area (Å²) in [5.41, 5.74) is 1.10. The largest absolute Gasteiger partial charge is 0.418 e. The number of hydrogen-bond acceptors (Lipinski definition) is 5. The number of halogens is 4. The Kier molecular flexibility index (Phi) is 8.12. The Morgan fingerprint density at radius 3 is 2.53 bits per heavy atom. The molecule has 0 saturated heterocycles. The summed E-state index contributed by atoms with van der Waals surface area (Å²) in [5.74, 6) is 1.91. The van der Waals surface area contributed by atoms with Gasteiger partial charge in [0.1, 0.15) is 5.82 Å². The summed E-state index contributed by atoms with van der Waals surface area (Å²) in [4.78, 5) is 23.9. The molecule has 2 aromatic rings. The van der Waals surface area contributed by atoms with E-state index in [0.29, 0.717) is 12.5 Å². The fourth-order valence-electron chi connectivity index (χ4n) is 4.97. The Bertz CT molecular complexity index is 1090. The highest BCUT2D eigenvalue weighted by Crippen LogP contribution is 2.36. The van der Waals surface area contributed by atoms with E-state index in [1.165, 1.54) is 18.1 Å². The number of fused-ring (bicyclic) bond motifs is 1. The number of nitrogens with one attached hydrogen (secondary N) is 3. The normalized spacial score (nSPS) is 19.8.